The summed E-state index contributed by atoms with van der Waals surface area (Å²) in [6, 6.07) is 50.7. The molecule has 53 heavy (non-hydrogen) atoms. The van der Waals surface area contributed by atoms with Crippen LogP contribution in [0.2, 0.25) is 0 Å². The molecule has 6 aromatic carbocycles. The maximum absolute atomic E-state index is 10.7. The van der Waals surface area contributed by atoms with Gasteiger partial charge in [-0.3, -0.25) is 4.57 Å². The highest BCUT2D eigenvalue weighted by Gasteiger charge is 2.25. The number of hydrogen-bond donors (Lipinski definition) is 1. The molecule has 0 aliphatic rings. The molecule has 1 N–H and O–H groups in total. The van der Waals surface area contributed by atoms with Crippen molar-refractivity contribution in [2.45, 2.75) is 39.5 Å². The lowest BCUT2D eigenvalue weighted by atomic mass is 9.88. The summed E-state index contributed by atoms with van der Waals surface area (Å²) in [7, 11) is 0. The van der Waals surface area contributed by atoms with E-state index in [0.29, 0.717) is 5.56 Å². The van der Waals surface area contributed by atoms with Crippen molar-refractivity contribution in [3.8, 4) is 56.5 Å². The van der Waals surface area contributed by atoms with E-state index in [1.54, 1.807) is 17.4 Å². The number of imidazole rings is 1. The number of rotatable bonds is 7. The Balaban J connectivity index is 1.35. The highest BCUT2D eigenvalue weighted by Crippen LogP contribution is 2.45. The largest absolute Gasteiger partial charge is 0.507 e. The Kier molecular flexibility index (Phi) is 8.17. The molecular weight excluding hydrogens is 667 g/mol. The molecule has 9 rings (SSSR count). The summed E-state index contributed by atoms with van der Waals surface area (Å²) >= 11 is 1.79. The molecule has 0 aliphatic heterocycles. The summed E-state index contributed by atoms with van der Waals surface area (Å²) < 4.78 is 4.82. The van der Waals surface area contributed by atoms with E-state index in [1.807, 2.05) is 30.3 Å². The maximum atomic E-state index is 10.7. The summed E-state index contributed by atoms with van der Waals surface area (Å²) in [6.45, 7) is 9.17. The van der Waals surface area contributed by atoms with Crippen LogP contribution in [0.15, 0.2) is 146 Å². The SMILES string of the molecule is CC(C)c1cc(-c2ccccc2)cc(C(C)C)c1-n1c(-c2cc(-c3cccc(-c4ccccc4O)n3)c3sc4ccccc4c3c2)nc2ccccc21. The third-order valence-corrected chi connectivity index (χ3v) is 11.5. The fourth-order valence-corrected chi connectivity index (χ4v) is 8.84. The van der Waals surface area contributed by atoms with Gasteiger partial charge in [0.1, 0.15) is 11.6 Å². The number of nitrogens with zero attached hydrogens (tertiary/aromatic N) is 3. The zero-order valence-corrected chi connectivity index (χ0v) is 31.0. The standard InChI is InChI=1S/C48H39N3OS/c1-29(2)36-25-32(31-15-6-5-7-16-31)26-37(30(3)4)46(36)51-43-22-11-10-19-42(43)50-48(51)33-27-38-34-17-9-13-24-45(34)53-47(38)39(28-33)41-21-14-20-40(49-41)35-18-8-12-23-44(35)52/h5-30,52H,1-4H3. The fraction of sp³-hybridized carbons (Fsp3) is 0.125. The predicted octanol–water partition coefficient (Wildman–Crippen LogP) is 13.4. The second-order valence-electron chi connectivity index (χ2n) is 14.4. The molecule has 0 amide bonds. The monoisotopic (exact) mass is 705 g/mol. The first-order valence-electron chi connectivity index (χ1n) is 18.3. The van der Waals surface area contributed by atoms with Crippen LogP contribution in [0.1, 0.15) is 50.7 Å². The highest BCUT2D eigenvalue weighted by molar-refractivity contribution is 7.26. The van der Waals surface area contributed by atoms with Gasteiger partial charge >= 0.3 is 0 Å². The van der Waals surface area contributed by atoms with Gasteiger partial charge in [-0.25, -0.2) is 9.97 Å². The molecule has 0 radical (unpaired) electrons. The Morgan fingerprint density at radius 1 is 0.547 bits per heavy atom. The number of thiophene rings is 1. The fourth-order valence-electron chi connectivity index (χ4n) is 7.63. The van der Waals surface area contributed by atoms with Crippen molar-refractivity contribution in [2.24, 2.45) is 0 Å². The van der Waals surface area contributed by atoms with Gasteiger partial charge in [0.15, 0.2) is 0 Å². The van der Waals surface area contributed by atoms with Crippen LogP contribution in [0, 0.1) is 0 Å². The Labute approximate surface area is 313 Å². The van der Waals surface area contributed by atoms with E-state index >= 15 is 0 Å². The van der Waals surface area contributed by atoms with Crippen molar-refractivity contribution in [3.05, 3.63) is 157 Å². The average Bonchev–Trinajstić information content (AvgIpc) is 3.76. The van der Waals surface area contributed by atoms with E-state index in [4.69, 9.17) is 9.97 Å². The molecule has 0 unspecified atom stereocenters. The van der Waals surface area contributed by atoms with Gasteiger partial charge in [0.2, 0.25) is 0 Å². The van der Waals surface area contributed by atoms with Crippen LogP contribution in [0.5, 0.6) is 5.75 Å². The van der Waals surface area contributed by atoms with Crippen molar-refractivity contribution in [3.63, 3.8) is 0 Å². The lowest BCUT2D eigenvalue weighted by molar-refractivity contribution is 0.477. The first-order chi connectivity index (χ1) is 25.9. The summed E-state index contributed by atoms with van der Waals surface area (Å²) in [5.74, 6) is 1.64. The number of pyridine rings is 1. The summed E-state index contributed by atoms with van der Waals surface area (Å²) in [5.41, 5.74) is 12.6. The number of fused-ring (bicyclic) bond motifs is 4. The van der Waals surface area contributed by atoms with Gasteiger partial charge in [-0.2, -0.15) is 0 Å². The van der Waals surface area contributed by atoms with Gasteiger partial charge < -0.3 is 5.11 Å². The van der Waals surface area contributed by atoms with Crippen LogP contribution >= 0.6 is 11.3 Å². The lowest BCUT2D eigenvalue weighted by Crippen LogP contribution is -2.09. The molecule has 3 aromatic heterocycles. The molecule has 5 heteroatoms. The Hall–Kier alpha value is -6.04. The molecule has 4 nitrogen and oxygen atoms in total. The van der Waals surface area contributed by atoms with Crippen molar-refractivity contribution < 1.29 is 5.11 Å². The molecule has 0 aliphatic carbocycles. The first kappa shape index (κ1) is 32.8. The molecule has 0 saturated heterocycles. The van der Waals surface area contributed by atoms with Gasteiger partial charge in [-0.15, -0.1) is 11.3 Å². The lowest BCUT2D eigenvalue weighted by Gasteiger charge is -2.24. The molecule has 3 heterocycles. The number of para-hydroxylation sites is 3. The summed E-state index contributed by atoms with van der Waals surface area (Å²) in [5, 5.41) is 13.1. The van der Waals surface area contributed by atoms with Crippen molar-refractivity contribution in [2.75, 3.05) is 0 Å². The highest BCUT2D eigenvalue weighted by atomic mass is 32.1. The topological polar surface area (TPSA) is 50.9 Å². The second-order valence-corrected chi connectivity index (χ2v) is 15.4. The van der Waals surface area contributed by atoms with Gasteiger partial charge in [-0.05, 0) is 101 Å². The molecule has 0 atom stereocenters. The van der Waals surface area contributed by atoms with E-state index in [9.17, 15) is 5.11 Å². The molecular formula is C48H39N3OS. The van der Waals surface area contributed by atoms with E-state index in [1.165, 1.54) is 48.1 Å². The van der Waals surface area contributed by atoms with E-state index in [2.05, 4.69) is 141 Å². The number of aromatic hydroxyl groups is 1. The Bertz CT molecular complexity index is 2780. The van der Waals surface area contributed by atoms with Crippen LogP contribution in [0.25, 0.3) is 81.9 Å². The maximum Gasteiger partial charge on any atom is 0.145 e. The quantitative estimate of drug-likeness (QED) is 0.180. The normalized spacial score (nSPS) is 11.8. The first-order valence-corrected chi connectivity index (χ1v) is 19.1. The summed E-state index contributed by atoms with van der Waals surface area (Å²) in [4.78, 5) is 10.6. The van der Waals surface area contributed by atoms with Crippen LogP contribution in [0.3, 0.4) is 0 Å². The number of phenols is 1. The van der Waals surface area contributed by atoms with Crippen molar-refractivity contribution in [1.82, 2.24) is 14.5 Å². The van der Waals surface area contributed by atoms with E-state index in [0.717, 1.165) is 39.4 Å². The van der Waals surface area contributed by atoms with Gasteiger partial charge in [-0.1, -0.05) is 107 Å². The van der Waals surface area contributed by atoms with Gasteiger partial charge in [0.25, 0.3) is 0 Å². The molecule has 0 spiro atoms. The predicted molar refractivity (Wildman–Crippen MR) is 223 cm³/mol. The Morgan fingerprint density at radius 2 is 1.21 bits per heavy atom. The zero-order chi connectivity index (χ0) is 36.2. The number of aromatic nitrogens is 3. The smallest absolute Gasteiger partial charge is 0.145 e. The number of hydrogen-bond acceptors (Lipinski definition) is 4. The molecule has 0 bridgehead atoms. The minimum atomic E-state index is 0.215. The number of benzene rings is 6. The zero-order valence-electron chi connectivity index (χ0n) is 30.2. The second kappa shape index (κ2) is 13.2. The molecule has 9 aromatic rings. The molecule has 258 valence electrons. The summed E-state index contributed by atoms with van der Waals surface area (Å²) in [6.07, 6.45) is 0. The average molecular weight is 706 g/mol. The van der Waals surface area contributed by atoms with E-state index < -0.39 is 0 Å². The van der Waals surface area contributed by atoms with Gasteiger partial charge in [0, 0.05) is 36.9 Å². The minimum absolute atomic E-state index is 0.215. The van der Waals surface area contributed by atoms with Crippen LogP contribution in [-0.2, 0) is 0 Å². The van der Waals surface area contributed by atoms with Crippen LogP contribution in [0.4, 0.5) is 0 Å². The third-order valence-electron chi connectivity index (χ3n) is 10.2. The van der Waals surface area contributed by atoms with Crippen LogP contribution < -0.4 is 0 Å². The minimum Gasteiger partial charge on any atom is -0.507 e. The molecule has 0 fully saturated rings. The van der Waals surface area contributed by atoms with Crippen LogP contribution in [-0.4, -0.2) is 19.6 Å². The van der Waals surface area contributed by atoms with Crippen molar-refractivity contribution >= 4 is 42.5 Å². The van der Waals surface area contributed by atoms with Crippen molar-refractivity contribution in [1.29, 1.82) is 0 Å². The third kappa shape index (κ3) is 5.69. The Morgan fingerprint density at radius 3 is 1.96 bits per heavy atom. The van der Waals surface area contributed by atoms with E-state index in [-0.39, 0.29) is 17.6 Å². The number of phenolic OH excluding ortho intramolecular Hbond substituents is 1. The molecule has 0 saturated carbocycles. The van der Waals surface area contributed by atoms with Gasteiger partial charge in [0.05, 0.1) is 28.1 Å².